The van der Waals surface area contributed by atoms with E-state index in [9.17, 15) is 8.42 Å². The first kappa shape index (κ1) is 15.5. The van der Waals surface area contributed by atoms with Crippen molar-refractivity contribution in [1.82, 2.24) is 4.31 Å². The molecule has 1 atom stereocenters. The van der Waals surface area contributed by atoms with E-state index in [2.05, 4.69) is 26.0 Å². The smallest absolute Gasteiger partial charge is 0.212 e. The zero-order valence-electron chi connectivity index (χ0n) is 12.5. The molecule has 2 rings (SSSR count). The third-order valence-electron chi connectivity index (χ3n) is 4.09. The first-order valence-electron chi connectivity index (χ1n) is 7.54. The van der Waals surface area contributed by atoms with Gasteiger partial charge < -0.3 is 0 Å². The number of sulfonamides is 1. The van der Waals surface area contributed by atoms with Crippen LogP contribution in [0.15, 0.2) is 30.3 Å². The van der Waals surface area contributed by atoms with Gasteiger partial charge in [-0.15, -0.1) is 0 Å². The Hall–Kier alpha value is -0.870. The highest BCUT2D eigenvalue weighted by molar-refractivity contribution is 7.89. The zero-order valence-corrected chi connectivity index (χ0v) is 13.3. The molecule has 0 bridgehead atoms. The van der Waals surface area contributed by atoms with Gasteiger partial charge in [-0.1, -0.05) is 44.2 Å². The van der Waals surface area contributed by atoms with Gasteiger partial charge in [-0.2, -0.15) is 4.31 Å². The van der Waals surface area contributed by atoms with Crippen molar-refractivity contribution >= 4 is 10.0 Å². The molecule has 3 nitrogen and oxygen atoms in total. The molecule has 0 saturated carbocycles. The number of nitrogens with zero attached hydrogens (tertiary/aromatic N) is 1. The number of hydrogen-bond donors (Lipinski definition) is 0. The summed E-state index contributed by atoms with van der Waals surface area (Å²) in [5.74, 6) is 0.673. The van der Waals surface area contributed by atoms with Crippen molar-refractivity contribution in [2.45, 2.75) is 45.6 Å². The van der Waals surface area contributed by atoms with Crippen LogP contribution < -0.4 is 0 Å². The van der Waals surface area contributed by atoms with E-state index in [1.165, 1.54) is 5.56 Å². The summed E-state index contributed by atoms with van der Waals surface area (Å²) in [4.78, 5) is 0. The van der Waals surface area contributed by atoms with Crippen molar-refractivity contribution in [3.8, 4) is 0 Å². The molecule has 0 amide bonds. The summed E-state index contributed by atoms with van der Waals surface area (Å²) in [5, 5.41) is 0. The SMILES string of the molecule is CC(C)C1CCCN1S(=O)(=O)CCCc1ccccc1. The molecule has 20 heavy (non-hydrogen) atoms. The number of rotatable bonds is 6. The molecule has 1 heterocycles. The predicted molar refractivity (Wildman–Crippen MR) is 83.1 cm³/mol. The molecule has 0 spiro atoms. The number of aryl methyl sites for hydroxylation is 1. The highest BCUT2D eigenvalue weighted by atomic mass is 32.2. The van der Waals surface area contributed by atoms with E-state index >= 15 is 0 Å². The summed E-state index contributed by atoms with van der Waals surface area (Å²) in [6.45, 7) is 4.93. The van der Waals surface area contributed by atoms with Gasteiger partial charge in [-0.05, 0) is 37.2 Å². The molecule has 1 aliphatic heterocycles. The van der Waals surface area contributed by atoms with E-state index in [0.717, 1.165) is 19.3 Å². The Labute approximate surface area is 123 Å². The Morgan fingerprint density at radius 3 is 2.60 bits per heavy atom. The van der Waals surface area contributed by atoms with Crippen LogP contribution >= 0.6 is 0 Å². The molecule has 0 aliphatic carbocycles. The fourth-order valence-corrected chi connectivity index (χ4v) is 4.91. The van der Waals surface area contributed by atoms with Crippen molar-refractivity contribution in [2.24, 2.45) is 5.92 Å². The Morgan fingerprint density at radius 1 is 1.25 bits per heavy atom. The van der Waals surface area contributed by atoms with Gasteiger partial charge in [0, 0.05) is 12.6 Å². The number of benzene rings is 1. The maximum Gasteiger partial charge on any atom is 0.214 e. The zero-order chi connectivity index (χ0) is 14.6. The Morgan fingerprint density at radius 2 is 1.95 bits per heavy atom. The largest absolute Gasteiger partial charge is 0.214 e. The van der Waals surface area contributed by atoms with Crippen LogP contribution in [0.3, 0.4) is 0 Å². The van der Waals surface area contributed by atoms with Crippen LogP contribution in [0.2, 0.25) is 0 Å². The van der Waals surface area contributed by atoms with Gasteiger partial charge in [-0.25, -0.2) is 8.42 Å². The van der Waals surface area contributed by atoms with Gasteiger partial charge in [0.25, 0.3) is 0 Å². The molecular weight excluding hydrogens is 270 g/mol. The van der Waals surface area contributed by atoms with E-state index in [1.54, 1.807) is 4.31 Å². The summed E-state index contributed by atoms with van der Waals surface area (Å²) < 4.78 is 26.7. The summed E-state index contributed by atoms with van der Waals surface area (Å²) >= 11 is 0. The third kappa shape index (κ3) is 3.83. The van der Waals surface area contributed by atoms with Crippen molar-refractivity contribution in [1.29, 1.82) is 0 Å². The lowest BCUT2D eigenvalue weighted by molar-refractivity contribution is 0.315. The van der Waals surface area contributed by atoms with Crippen molar-refractivity contribution in [2.75, 3.05) is 12.3 Å². The molecule has 1 aliphatic rings. The van der Waals surface area contributed by atoms with Gasteiger partial charge in [0.15, 0.2) is 0 Å². The molecule has 0 N–H and O–H groups in total. The number of hydrogen-bond acceptors (Lipinski definition) is 2. The summed E-state index contributed by atoms with van der Waals surface area (Å²) in [5.41, 5.74) is 1.21. The van der Waals surface area contributed by atoms with Crippen LogP contribution in [0, 0.1) is 5.92 Å². The van der Waals surface area contributed by atoms with Crippen LogP contribution in [0.25, 0.3) is 0 Å². The first-order valence-corrected chi connectivity index (χ1v) is 9.15. The molecule has 1 unspecified atom stereocenters. The van der Waals surface area contributed by atoms with E-state index < -0.39 is 10.0 Å². The van der Waals surface area contributed by atoms with Crippen LogP contribution in [0.5, 0.6) is 0 Å². The Bertz CT molecular complexity index is 511. The van der Waals surface area contributed by atoms with Gasteiger partial charge in [0.2, 0.25) is 10.0 Å². The lowest BCUT2D eigenvalue weighted by atomic mass is 10.0. The van der Waals surface area contributed by atoms with Crippen molar-refractivity contribution in [3.05, 3.63) is 35.9 Å². The quantitative estimate of drug-likeness (QED) is 0.809. The average Bonchev–Trinajstić information content (AvgIpc) is 2.90. The van der Waals surface area contributed by atoms with Crippen molar-refractivity contribution < 1.29 is 8.42 Å². The summed E-state index contributed by atoms with van der Waals surface area (Å²) in [7, 11) is -3.09. The predicted octanol–water partition coefficient (Wildman–Crippen LogP) is 3.07. The van der Waals surface area contributed by atoms with E-state index in [1.807, 2.05) is 18.2 Å². The minimum atomic E-state index is -3.09. The van der Waals surface area contributed by atoms with E-state index in [-0.39, 0.29) is 11.8 Å². The molecule has 1 aromatic carbocycles. The highest BCUT2D eigenvalue weighted by Gasteiger charge is 2.35. The Balaban J connectivity index is 1.91. The van der Waals surface area contributed by atoms with Crippen LogP contribution in [-0.4, -0.2) is 31.1 Å². The van der Waals surface area contributed by atoms with Gasteiger partial charge in [-0.3, -0.25) is 0 Å². The van der Waals surface area contributed by atoms with Crippen LogP contribution in [-0.2, 0) is 16.4 Å². The monoisotopic (exact) mass is 295 g/mol. The normalized spacial score (nSPS) is 20.6. The fourth-order valence-electron chi connectivity index (χ4n) is 3.00. The lowest BCUT2D eigenvalue weighted by Crippen LogP contribution is -2.39. The van der Waals surface area contributed by atoms with Crippen LogP contribution in [0.4, 0.5) is 0 Å². The van der Waals surface area contributed by atoms with E-state index in [4.69, 9.17) is 0 Å². The summed E-state index contributed by atoms with van der Waals surface area (Å²) in [6, 6.07) is 10.3. The molecule has 0 aromatic heterocycles. The summed E-state index contributed by atoms with van der Waals surface area (Å²) in [6.07, 6.45) is 3.55. The molecule has 112 valence electrons. The minimum absolute atomic E-state index is 0.205. The van der Waals surface area contributed by atoms with Crippen LogP contribution in [0.1, 0.15) is 38.7 Å². The highest BCUT2D eigenvalue weighted by Crippen LogP contribution is 2.27. The lowest BCUT2D eigenvalue weighted by Gasteiger charge is -2.26. The van der Waals surface area contributed by atoms with Crippen molar-refractivity contribution in [3.63, 3.8) is 0 Å². The Kier molecular flexibility index (Phi) is 5.22. The van der Waals surface area contributed by atoms with Gasteiger partial charge in [0.1, 0.15) is 0 Å². The third-order valence-corrected chi connectivity index (χ3v) is 6.06. The first-order chi connectivity index (χ1) is 9.50. The second-order valence-corrected chi connectivity index (χ2v) is 8.01. The average molecular weight is 295 g/mol. The molecular formula is C16H25NO2S. The topological polar surface area (TPSA) is 37.4 Å². The molecule has 1 fully saturated rings. The van der Waals surface area contributed by atoms with E-state index in [0.29, 0.717) is 18.9 Å². The standard InChI is InChI=1S/C16H25NO2S/c1-14(2)16-11-6-12-17(16)20(18,19)13-7-10-15-8-4-3-5-9-15/h3-5,8-9,14,16H,6-7,10-13H2,1-2H3. The second-order valence-electron chi connectivity index (χ2n) is 5.97. The maximum atomic E-state index is 12.5. The minimum Gasteiger partial charge on any atom is -0.212 e. The molecule has 1 saturated heterocycles. The van der Waals surface area contributed by atoms with Gasteiger partial charge >= 0.3 is 0 Å². The fraction of sp³-hybridized carbons (Fsp3) is 0.625. The second kappa shape index (κ2) is 6.72. The molecule has 4 heteroatoms. The molecule has 0 radical (unpaired) electrons. The van der Waals surface area contributed by atoms with Gasteiger partial charge in [0.05, 0.1) is 5.75 Å². The molecule has 1 aromatic rings. The maximum absolute atomic E-state index is 12.5.